The second-order valence-corrected chi connectivity index (χ2v) is 10.9. The number of allylic oxidation sites excluding steroid dienone is 4. The minimum absolute atomic E-state index is 0.105. The van der Waals surface area contributed by atoms with Crippen LogP contribution in [0.1, 0.15) is 43.5 Å². The third-order valence-electron chi connectivity index (χ3n) is 7.32. The molecule has 0 amide bonds. The molecule has 0 radical (unpaired) electrons. The highest BCUT2D eigenvalue weighted by Crippen LogP contribution is 2.28. The van der Waals surface area contributed by atoms with Gasteiger partial charge in [-0.3, -0.25) is 5.01 Å². The molecule has 8 nitrogen and oxygen atoms in total. The summed E-state index contributed by atoms with van der Waals surface area (Å²) in [6.45, 7) is 14.9. The lowest BCUT2D eigenvalue weighted by atomic mass is 10.0. The molecule has 218 valence electrons. The van der Waals surface area contributed by atoms with Gasteiger partial charge in [0.1, 0.15) is 11.8 Å². The molecule has 2 aromatic heterocycles. The summed E-state index contributed by atoms with van der Waals surface area (Å²) in [5.74, 6) is 0.580. The van der Waals surface area contributed by atoms with Gasteiger partial charge >= 0.3 is 0 Å². The fourth-order valence-electron chi connectivity index (χ4n) is 5.08. The number of piperazine rings is 1. The Morgan fingerprint density at radius 1 is 1.12 bits per heavy atom. The van der Waals surface area contributed by atoms with Crippen molar-refractivity contribution < 1.29 is 0 Å². The number of aryl methyl sites for hydroxylation is 1. The number of rotatable bonds is 11. The summed E-state index contributed by atoms with van der Waals surface area (Å²) in [5.41, 5.74) is 11.4. The second kappa shape index (κ2) is 15.6. The van der Waals surface area contributed by atoms with Crippen molar-refractivity contribution in [2.45, 2.75) is 39.7 Å². The van der Waals surface area contributed by atoms with E-state index in [0.29, 0.717) is 5.82 Å². The van der Waals surface area contributed by atoms with Crippen molar-refractivity contribution in [2.75, 3.05) is 44.7 Å². The van der Waals surface area contributed by atoms with Crippen LogP contribution in [-0.4, -0.2) is 74.0 Å². The number of benzene rings is 1. The molecule has 41 heavy (non-hydrogen) atoms. The minimum Gasteiger partial charge on any atom is -0.382 e. The molecule has 0 spiro atoms. The normalized spacial score (nSPS) is 17.7. The summed E-state index contributed by atoms with van der Waals surface area (Å²) in [6.07, 6.45) is 17.2. The summed E-state index contributed by atoms with van der Waals surface area (Å²) < 4.78 is 4.38. The number of anilines is 1. The number of unbranched alkanes of at least 4 members (excludes halogenated alkanes) is 1. The fourth-order valence-corrected chi connectivity index (χ4v) is 5.61. The van der Waals surface area contributed by atoms with E-state index in [1.54, 1.807) is 0 Å². The van der Waals surface area contributed by atoms with Crippen molar-refractivity contribution in [3.05, 3.63) is 90.6 Å². The van der Waals surface area contributed by atoms with Crippen LogP contribution < -0.4 is 5.73 Å². The highest BCUT2D eigenvalue weighted by atomic mass is 32.2. The Bertz CT molecular complexity index is 1320. The van der Waals surface area contributed by atoms with Crippen molar-refractivity contribution in [3.8, 4) is 0 Å². The van der Waals surface area contributed by atoms with E-state index in [1.807, 2.05) is 72.0 Å². The molecule has 5 rings (SSSR count). The van der Waals surface area contributed by atoms with Gasteiger partial charge in [0.2, 0.25) is 0 Å². The number of nitrogens with zero attached hydrogens (tertiary/aromatic N) is 7. The largest absolute Gasteiger partial charge is 0.382 e. The number of hydrogen-bond donors (Lipinski definition) is 1. The average Bonchev–Trinajstić information content (AvgIpc) is 3.40. The van der Waals surface area contributed by atoms with E-state index in [1.165, 1.54) is 11.9 Å². The molecular formula is C32H44N8S. The summed E-state index contributed by atoms with van der Waals surface area (Å²) in [5, 5.41) is 11.1. The first kappa shape index (κ1) is 30.6. The van der Waals surface area contributed by atoms with Crippen LogP contribution in [0.5, 0.6) is 0 Å². The molecule has 2 aliphatic heterocycles. The van der Waals surface area contributed by atoms with Gasteiger partial charge in [0.25, 0.3) is 0 Å². The Balaban J connectivity index is 0.00000189. The van der Waals surface area contributed by atoms with E-state index >= 15 is 0 Å². The first-order valence-corrected chi connectivity index (χ1v) is 15.8. The third-order valence-corrected chi connectivity index (χ3v) is 8.21. The topological polar surface area (TPSA) is 78.3 Å². The summed E-state index contributed by atoms with van der Waals surface area (Å²) in [4.78, 5) is 6.83. The molecule has 0 saturated carbocycles. The van der Waals surface area contributed by atoms with Gasteiger partial charge in [-0.2, -0.15) is 10.2 Å². The third kappa shape index (κ3) is 8.31. The first-order chi connectivity index (χ1) is 20.1. The van der Waals surface area contributed by atoms with Gasteiger partial charge in [0, 0.05) is 55.8 Å². The number of nitrogens with two attached hydrogens (primary N) is 1. The first-order valence-electron chi connectivity index (χ1n) is 14.6. The molecule has 0 aliphatic carbocycles. The smallest absolute Gasteiger partial charge is 0.151 e. The number of hydrazone groups is 1. The molecule has 2 aliphatic rings. The maximum Gasteiger partial charge on any atom is 0.151 e. The molecule has 0 bridgehead atoms. The molecule has 1 atom stereocenters. The van der Waals surface area contributed by atoms with Gasteiger partial charge in [-0.25, -0.2) is 13.8 Å². The Morgan fingerprint density at radius 2 is 1.90 bits per heavy atom. The summed E-state index contributed by atoms with van der Waals surface area (Å²) in [6, 6.07) is 12.5. The van der Waals surface area contributed by atoms with Gasteiger partial charge in [-0.1, -0.05) is 80.9 Å². The Hall–Kier alpha value is -3.40. The van der Waals surface area contributed by atoms with Gasteiger partial charge < -0.3 is 10.6 Å². The fraction of sp³-hybridized carbons (Fsp3) is 0.406. The van der Waals surface area contributed by atoms with E-state index in [-0.39, 0.29) is 5.92 Å². The Morgan fingerprint density at radius 3 is 2.61 bits per heavy atom. The van der Waals surface area contributed by atoms with Crippen molar-refractivity contribution in [2.24, 2.45) is 11.0 Å². The quantitative estimate of drug-likeness (QED) is 0.178. The monoisotopic (exact) mass is 572 g/mol. The number of hydrogen-bond acceptors (Lipinski definition) is 8. The lowest BCUT2D eigenvalue weighted by Crippen LogP contribution is -2.43. The zero-order valence-electron chi connectivity index (χ0n) is 24.7. The van der Waals surface area contributed by atoms with Gasteiger partial charge in [-0.05, 0) is 49.3 Å². The van der Waals surface area contributed by atoms with Gasteiger partial charge in [-0.15, -0.1) is 0 Å². The van der Waals surface area contributed by atoms with Crippen molar-refractivity contribution in [1.82, 2.24) is 28.8 Å². The minimum atomic E-state index is 0.105. The van der Waals surface area contributed by atoms with E-state index in [2.05, 4.69) is 67.6 Å². The SMILES string of the molecule is C=C(/C=C\C1C=CN(Cc2ccccc2)N=C1)c1cc(CCCCN2CCN(SC)CC2)n2ncnc(N)c12.CC. The van der Waals surface area contributed by atoms with E-state index in [0.717, 1.165) is 80.9 Å². The highest BCUT2D eigenvalue weighted by Gasteiger charge is 2.17. The highest BCUT2D eigenvalue weighted by molar-refractivity contribution is 7.96. The number of nitrogen functional groups attached to an aromatic ring is 1. The molecule has 9 heteroatoms. The molecule has 3 aromatic rings. The lowest BCUT2D eigenvalue weighted by Gasteiger charge is -2.33. The van der Waals surface area contributed by atoms with Crippen LogP contribution in [0.15, 0.2) is 78.8 Å². The maximum atomic E-state index is 6.31. The average molecular weight is 573 g/mol. The maximum absolute atomic E-state index is 6.31. The zero-order valence-corrected chi connectivity index (χ0v) is 25.5. The zero-order chi connectivity index (χ0) is 29.0. The van der Waals surface area contributed by atoms with Crippen molar-refractivity contribution in [1.29, 1.82) is 0 Å². The number of aromatic nitrogens is 3. The summed E-state index contributed by atoms with van der Waals surface area (Å²) in [7, 11) is 0. The van der Waals surface area contributed by atoms with Crippen LogP contribution in [0.25, 0.3) is 11.1 Å². The van der Waals surface area contributed by atoms with Crippen LogP contribution >= 0.6 is 11.9 Å². The van der Waals surface area contributed by atoms with Crippen LogP contribution in [0, 0.1) is 5.92 Å². The molecule has 4 heterocycles. The van der Waals surface area contributed by atoms with Gasteiger partial charge in [0.15, 0.2) is 5.82 Å². The molecule has 1 aromatic carbocycles. The van der Waals surface area contributed by atoms with Gasteiger partial charge in [0.05, 0.1) is 6.54 Å². The molecular weight excluding hydrogens is 528 g/mol. The van der Waals surface area contributed by atoms with E-state index in [4.69, 9.17) is 5.73 Å². The lowest BCUT2D eigenvalue weighted by molar-refractivity contribution is 0.193. The molecule has 2 N–H and O–H groups in total. The Labute approximate surface area is 249 Å². The van der Waals surface area contributed by atoms with Crippen LogP contribution in [0.2, 0.25) is 0 Å². The standard InChI is InChI=1S/C30H38N8S.C2H6/c1-24(11-12-25-13-15-36(33-21-25)22-26-8-4-3-5-9-26)28-20-27(38-29(28)30(31)32-23-34-38)10-6-7-14-35-16-18-37(39-2)19-17-35;1-2/h3-5,8-9,11-13,15,20-21,23,25H,1,6-7,10,14,16-19,22H2,2H3,(H2,31,32,34);1-2H3/b12-11-;. The second-order valence-electron chi connectivity index (χ2n) is 10.0. The predicted octanol–water partition coefficient (Wildman–Crippen LogP) is 5.76. The molecule has 1 unspecified atom stereocenters. The van der Waals surface area contributed by atoms with E-state index < -0.39 is 0 Å². The van der Waals surface area contributed by atoms with Crippen LogP contribution in [0.4, 0.5) is 5.82 Å². The van der Waals surface area contributed by atoms with Crippen molar-refractivity contribution in [3.63, 3.8) is 0 Å². The molecule has 1 saturated heterocycles. The van der Waals surface area contributed by atoms with E-state index in [9.17, 15) is 0 Å². The predicted molar refractivity (Wildman–Crippen MR) is 174 cm³/mol. The van der Waals surface area contributed by atoms with Crippen molar-refractivity contribution >= 4 is 35.1 Å². The molecule has 1 fully saturated rings. The number of fused-ring (bicyclic) bond motifs is 1. The van der Waals surface area contributed by atoms with Crippen LogP contribution in [0.3, 0.4) is 0 Å². The summed E-state index contributed by atoms with van der Waals surface area (Å²) >= 11 is 1.85. The Kier molecular flexibility index (Phi) is 11.6. The van der Waals surface area contributed by atoms with Crippen LogP contribution in [-0.2, 0) is 13.0 Å².